The molecule has 2 rings (SSSR count). The fraction of sp³-hybridized carbons (Fsp3) is 0.619. The van der Waals surface area contributed by atoms with Crippen LogP contribution in [0.1, 0.15) is 31.4 Å². The first-order valence-electron chi connectivity index (χ1n) is 10.0. The second kappa shape index (κ2) is 10.4. The summed E-state index contributed by atoms with van der Waals surface area (Å²) < 4.78 is 4.84. The summed E-state index contributed by atoms with van der Waals surface area (Å²) in [5.74, 6) is -0.366. The van der Waals surface area contributed by atoms with E-state index in [9.17, 15) is 9.59 Å². The monoisotopic (exact) mass is 377 g/mol. The molecule has 150 valence electrons. The van der Waals surface area contributed by atoms with Gasteiger partial charge in [-0.05, 0) is 12.8 Å². The molecule has 0 saturated carbocycles. The van der Waals surface area contributed by atoms with Gasteiger partial charge in [0.2, 0.25) is 0 Å². The molecule has 0 aliphatic carbocycles. The van der Waals surface area contributed by atoms with E-state index in [2.05, 4.69) is 36.5 Å². The highest BCUT2D eigenvalue weighted by Crippen LogP contribution is 2.08. The molecular formula is C21H35N3O3+2. The number of hydrogen-bond donors (Lipinski definition) is 3. The van der Waals surface area contributed by atoms with Crippen molar-refractivity contribution < 1.29 is 24.1 Å². The molecule has 1 saturated heterocycles. The van der Waals surface area contributed by atoms with Gasteiger partial charge in [-0.2, -0.15) is 0 Å². The Labute approximate surface area is 162 Å². The molecule has 1 aliphatic heterocycles. The number of aryl methyl sites for hydroxylation is 1. The van der Waals surface area contributed by atoms with Crippen molar-refractivity contribution in [1.29, 1.82) is 0 Å². The van der Waals surface area contributed by atoms with E-state index >= 15 is 0 Å². The first kappa shape index (κ1) is 21.4. The molecule has 0 aromatic heterocycles. The SMILES string of the molecule is CC[C@@H](C)[C@H](NC(=O)C[NH+]1CC[NH+](Cc2cccc(C)c2)CC1)C(=O)OC. The summed E-state index contributed by atoms with van der Waals surface area (Å²) in [7, 11) is 1.37. The van der Waals surface area contributed by atoms with Crippen molar-refractivity contribution >= 4 is 11.9 Å². The summed E-state index contributed by atoms with van der Waals surface area (Å²) in [6.45, 7) is 11.6. The maximum atomic E-state index is 12.4. The first-order valence-corrected chi connectivity index (χ1v) is 10.0. The summed E-state index contributed by atoms with van der Waals surface area (Å²) in [4.78, 5) is 27.2. The quantitative estimate of drug-likeness (QED) is 0.509. The highest BCUT2D eigenvalue weighted by Gasteiger charge is 2.30. The fourth-order valence-electron chi connectivity index (χ4n) is 3.67. The second-order valence-electron chi connectivity index (χ2n) is 7.80. The van der Waals surface area contributed by atoms with Gasteiger partial charge in [0, 0.05) is 5.56 Å². The molecule has 1 heterocycles. The van der Waals surface area contributed by atoms with Crippen LogP contribution in [-0.4, -0.2) is 57.8 Å². The van der Waals surface area contributed by atoms with Crippen molar-refractivity contribution in [2.24, 2.45) is 5.92 Å². The summed E-state index contributed by atoms with van der Waals surface area (Å²) >= 11 is 0. The number of carbonyl (C=O) groups is 2. The molecule has 1 aromatic rings. The van der Waals surface area contributed by atoms with E-state index in [1.165, 1.54) is 23.1 Å². The third-order valence-corrected chi connectivity index (χ3v) is 5.60. The topological polar surface area (TPSA) is 64.3 Å². The lowest BCUT2D eigenvalue weighted by atomic mass is 9.99. The Hall–Kier alpha value is -1.92. The number of piperazine rings is 1. The van der Waals surface area contributed by atoms with Crippen LogP contribution in [0.4, 0.5) is 0 Å². The van der Waals surface area contributed by atoms with Crippen molar-refractivity contribution in [3.63, 3.8) is 0 Å². The van der Waals surface area contributed by atoms with E-state index in [0.717, 1.165) is 39.1 Å². The van der Waals surface area contributed by atoms with Crippen molar-refractivity contribution in [2.45, 2.75) is 39.8 Å². The highest BCUT2D eigenvalue weighted by molar-refractivity contribution is 5.85. The van der Waals surface area contributed by atoms with Gasteiger partial charge in [0.25, 0.3) is 5.91 Å². The Morgan fingerprint density at radius 2 is 1.85 bits per heavy atom. The first-order chi connectivity index (χ1) is 12.9. The van der Waals surface area contributed by atoms with E-state index in [1.807, 2.05) is 13.8 Å². The smallest absolute Gasteiger partial charge is 0.328 e. The summed E-state index contributed by atoms with van der Waals surface area (Å²) in [5, 5.41) is 2.88. The number of methoxy groups -OCH3 is 1. The number of amides is 1. The number of nitrogens with one attached hydrogen (secondary N) is 3. The molecule has 3 N–H and O–H groups in total. The Bertz CT molecular complexity index is 627. The fourth-order valence-corrected chi connectivity index (χ4v) is 3.67. The second-order valence-corrected chi connectivity index (χ2v) is 7.80. The lowest BCUT2D eigenvalue weighted by molar-refractivity contribution is -1.02. The van der Waals surface area contributed by atoms with Crippen molar-refractivity contribution in [2.75, 3.05) is 39.8 Å². The van der Waals surface area contributed by atoms with Crippen LogP contribution >= 0.6 is 0 Å². The van der Waals surface area contributed by atoms with Crippen LogP contribution in [0.3, 0.4) is 0 Å². The van der Waals surface area contributed by atoms with E-state index in [-0.39, 0.29) is 17.8 Å². The largest absolute Gasteiger partial charge is 0.467 e. The van der Waals surface area contributed by atoms with Crippen LogP contribution < -0.4 is 15.1 Å². The zero-order valence-electron chi connectivity index (χ0n) is 17.1. The molecule has 0 spiro atoms. The van der Waals surface area contributed by atoms with Crippen LogP contribution in [0.5, 0.6) is 0 Å². The average Bonchev–Trinajstić information content (AvgIpc) is 2.66. The number of rotatable bonds is 8. The van der Waals surface area contributed by atoms with Gasteiger partial charge >= 0.3 is 5.97 Å². The summed E-state index contributed by atoms with van der Waals surface area (Å²) in [5.41, 5.74) is 2.68. The number of quaternary nitrogens is 2. The van der Waals surface area contributed by atoms with Crippen molar-refractivity contribution in [1.82, 2.24) is 5.32 Å². The van der Waals surface area contributed by atoms with Gasteiger partial charge in [-0.25, -0.2) is 4.79 Å². The summed E-state index contributed by atoms with van der Waals surface area (Å²) in [6.07, 6.45) is 0.813. The van der Waals surface area contributed by atoms with Crippen LogP contribution in [0.25, 0.3) is 0 Å². The number of hydrogen-bond acceptors (Lipinski definition) is 3. The number of esters is 1. The predicted molar refractivity (Wildman–Crippen MR) is 105 cm³/mol. The molecule has 0 unspecified atom stereocenters. The zero-order chi connectivity index (χ0) is 19.8. The van der Waals surface area contributed by atoms with Gasteiger partial charge in [0.1, 0.15) is 38.8 Å². The third-order valence-electron chi connectivity index (χ3n) is 5.60. The molecule has 1 fully saturated rings. The minimum Gasteiger partial charge on any atom is -0.467 e. The molecule has 6 heteroatoms. The molecule has 1 aliphatic rings. The van der Waals surface area contributed by atoms with E-state index < -0.39 is 6.04 Å². The lowest BCUT2D eigenvalue weighted by Gasteiger charge is -2.30. The minimum atomic E-state index is -0.555. The standard InChI is InChI=1S/C21H33N3O3/c1-5-17(3)20(21(26)27-4)22-19(25)15-24-11-9-23(10-12-24)14-18-8-6-7-16(2)13-18/h6-8,13,17,20H,5,9-12,14-15H2,1-4H3,(H,22,25)/p+2/t17-,20+/m1/s1. The lowest BCUT2D eigenvalue weighted by Crippen LogP contribution is -3.28. The molecular weight excluding hydrogens is 342 g/mol. The van der Waals surface area contributed by atoms with Crippen molar-refractivity contribution in [3.8, 4) is 0 Å². The van der Waals surface area contributed by atoms with Gasteiger partial charge in [0.05, 0.1) is 7.11 Å². The van der Waals surface area contributed by atoms with Gasteiger partial charge in [0.15, 0.2) is 6.54 Å². The van der Waals surface area contributed by atoms with E-state index in [4.69, 9.17) is 4.74 Å². The average molecular weight is 378 g/mol. The number of ether oxygens (including phenoxy) is 1. The van der Waals surface area contributed by atoms with Crippen LogP contribution in [-0.2, 0) is 20.9 Å². The molecule has 0 radical (unpaired) electrons. The third kappa shape index (κ3) is 6.63. The predicted octanol–water partition coefficient (Wildman–Crippen LogP) is -1.02. The van der Waals surface area contributed by atoms with Gasteiger partial charge in [-0.3, -0.25) is 4.79 Å². The van der Waals surface area contributed by atoms with Gasteiger partial charge in [-0.1, -0.05) is 50.1 Å². The van der Waals surface area contributed by atoms with Gasteiger partial charge < -0.3 is 19.9 Å². The van der Waals surface area contributed by atoms with Crippen LogP contribution in [0, 0.1) is 12.8 Å². The Morgan fingerprint density at radius 1 is 1.19 bits per heavy atom. The Kier molecular flexibility index (Phi) is 8.25. The Morgan fingerprint density at radius 3 is 2.44 bits per heavy atom. The van der Waals surface area contributed by atoms with Crippen LogP contribution in [0.2, 0.25) is 0 Å². The highest BCUT2D eigenvalue weighted by atomic mass is 16.5. The normalized spacial score (nSPS) is 21.9. The van der Waals surface area contributed by atoms with Crippen molar-refractivity contribution in [3.05, 3.63) is 35.4 Å². The molecule has 2 atom stereocenters. The number of carbonyl (C=O) groups excluding carboxylic acids is 2. The molecule has 1 amide bonds. The molecule has 0 bridgehead atoms. The van der Waals surface area contributed by atoms with Gasteiger partial charge in [-0.15, -0.1) is 0 Å². The molecule has 27 heavy (non-hydrogen) atoms. The molecule has 6 nitrogen and oxygen atoms in total. The van der Waals surface area contributed by atoms with E-state index in [0.29, 0.717) is 6.54 Å². The van der Waals surface area contributed by atoms with Crippen LogP contribution in [0.15, 0.2) is 24.3 Å². The maximum absolute atomic E-state index is 12.4. The number of benzene rings is 1. The van der Waals surface area contributed by atoms with E-state index in [1.54, 1.807) is 4.90 Å². The Balaban J connectivity index is 1.78. The molecule has 1 aromatic carbocycles. The minimum absolute atomic E-state index is 0.0621. The maximum Gasteiger partial charge on any atom is 0.328 e. The zero-order valence-corrected chi connectivity index (χ0v) is 17.1. The summed E-state index contributed by atoms with van der Waals surface area (Å²) in [6, 6.07) is 8.13.